The maximum absolute atomic E-state index is 11.5. The molecular weight excluding hydrogens is 294 g/mol. The number of aromatic nitrogens is 2. The van der Waals surface area contributed by atoms with Crippen LogP contribution in [0.4, 0.5) is 0 Å². The van der Waals surface area contributed by atoms with Gasteiger partial charge in [0.05, 0.1) is 12.0 Å². The Hall–Kier alpha value is -1.59. The van der Waals surface area contributed by atoms with Crippen LogP contribution in [0.5, 0.6) is 0 Å². The standard InChI is InChI=1S/C14H15N3OS.ClH/c1-9-5-13(18)16-10(2)14(9)12-6-11(7-19-12)17-4-3-15-8-17;/h3-4,6-9H,5H2,1-2H3,(H,16,18);1H. The van der Waals surface area contributed by atoms with Gasteiger partial charge in [0.15, 0.2) is 0 Å². The van der Waals surface area contributed by atoms with E-state index in [2.05, 4.69) is 28.7 Å². The minimum absolute atomic E-state index is 0. The van der Waals surface area contributed by atoms with Crippen molar-refractivity contribution in [1.29, 1.82) is 0 Å². The molecule has 1 unspecified atom stereocenters. The third kappa shape index (κ3) is 2.64. The van der Waals surface area contributed by atoms with Gasteiger partial charge in [-0.3, -0.25) is 4.79 Å². The minimum atomic E-state index is 0. The largest absolute Gasteiger partial charge is 0.330 e. The summed E-state index contributed by atoms with van der Waals surface area (Å²) in [5.74, 6) is 0.378. The number of rotatable bonds is 2. The number of nitrogens with one attached hydrogen (secondary N) is 1. The van der Waals surface area contributed by atoms with Crippen molar-refractivity contribution in [2.24, 2.45) is 5.92 Å². The van der Waals surface area contributed by atoms with E-state index < -0.39 is 0 Å². The van der Waals surface area contributed by atoms with Crippen LogP contribution >= 0.6 is 23.7 Å². The summed E-state index contributed by atoms with van der Waals surface area (Å²) in [6.07, 6.45) is 6.05. The summed E-state index contributed by atoms with van der Waals surface area (Å²) < 4.78 is 1.99. The van der Waals surface area contributed by atoms with E-state index in [9.17, 15) is 4.79 Å². The highest BCUT2D eigenvalue weighted by atomic mass is 35.5. The Kier molecular flexibility index (Phi) is 4.30. The first kappa shape index (κ1) is 14.8. The van der Waals surface area contributed by atoms with Crippen molar-refractivity contribution in [3.8, 4) is 5.69 Å². The number of nitrogens with zero attached hydrogens (tertiary/aromatic N) is 2. The third-order valence-electron chi connectivity index (χ3n) is 3.37. The molecule has 1 atom stereocenters. The van der Waals surface area contributed by atoms with E-state index in [4.69, 9.17) is 0 Å². The molecule has 4 nitrogen and oxygen atoms in total. The van der Waals surface area contributed by atoms with E-state index in [1.54, 1.807) is 23.9 Å². The second-order valence-corrected chi connectivity index (χ2v) is 5.74. The molecule has 0 saturated heterocycles. The van der Waals surface area contributed by atoms with Gasteiger partial charge in [0, 0.05) is 34.8 Å². The first-order chi connectivity index (χ1) is 9.15. The van der Waals surface area contributed by atoms with Crippen LogP contribution in [0.3, 0.4) is 0 Å². The van der Waals surface area contributed by atoms with Gasteiger partial charge in [-0.2, -0.15) is 0 Å². The number of hydrogen-bond acceptors (Lipinski definition) is 3. The number of carbonyl (C=O) groups excluding carboxylic acids is 1. The summed E-state index contributed by atoms with van der Waals surface area (Å²) in [6, 6.07) is 2.15. The van der Waals surface area contributed by atoms with Gasteiger partial charge < -0.3 is 9.88 Å². The van der Waals surface area contributed by atoms with Crippen molar-refractivity contribution in [3.05, 3.63) is 40.7 Å². The molecule has 0 radical (unpaired) electrons. The lowest BCUT2D eigenvalue weighted by Gasteiger charge is -2.23. The highest BCUT2D eigenvalue weighted by Crippen LogP contribution is 2.35. The summed E-state index contributed by atoms with van der Waals surface area (Å²) in [5, 5.41) is 5.04. The lowest BCUT2D eigenvalue weighted by Crippen LogP contribution is -2.30. The Balaban J connectivity index is 0.00000147. The molecule has 0 spiro atoms. The first-order valence-electron chi connectivity index (χ1n) is 6.23. The summed E-state index contributed by atoms with van der Waals surface area (Å²) in [5.41, 5.74) is 3.33. The van der Waals surface area contributed by atoms with Crippen LogP contribution in [-0.4, -0.2) is 15.5 Å². The molecule has 1 N–H and O–H groups in total. The van der Waals surface area contributed by atoms with E-state index in [0.29, 0.717) is 6.42 Å². The van der Waals surface area contributed by atoms with E-state index in [1.807, 2.05) is 17.7 Å². The Labute approximate surface area is 127 Å². The zero-order chi connectivity index (χ0) is 13.4. The smallest absolute Gasteiger partial charge is 0.224 e. The van der Waals surface area contributed by atoms with Crippen molar-refractivity contribution in [3.63, 3.8) is 0 Å². The fraction of sp³-hybridized carbons (Fsp3) is 0.286. The van der Waals surface area contributed by atoms with E-state index in [1.165, 1.54) is 10.5 Å². The zero-order valence-corrected chi connectivity index (χ0v) is 12.9. The molecule has 0 fully saturated rings. The number of amides is 1. The second kappa shape index (κ2) is 5.81. The van der Waals surface area contributed by atoms with Gasteiger partial charge >= 0.3 is 0 Å². The van der Waals surface area contributed by atoms with E-state index >= 15 is 0 Å². The van der Waals surface area contributed by atoms with Crippen LogP contribution in [0, 0.1) is 5.92 Å². The molecule has 0 aliphatic carbocycles. The van der Waals surface area contributed by atoms with Crippen molar-refractivity contribution >= 4 is 35.2 Å². The quantitative estimate of drug-likeness (QED) is 0.925. The van der Waals surface area contributed by atoms with Crippen molar-refractivity contribution in [2.45, 2.75) is 20.3 Å². The van der Waals surface area contributed by atoms with Gasteiger partial charge in [0.1, 0.15) is 0 Å². The normalized spacial score (nSPS) is 18.7. The number of allylic oxidation sites excluding steroid dienone is 2. The molecular formula is C14H16ClN3OS. The van der Waals surface area contributed by atoms with E-state index in [0.717, 1.165) is 11.4 Å². The molecule has 20 heavy (non-hydrogen) atoms. The Bertz CT molecular complexity index is 645. The Morgan fingerprint density at radius 3 is 2.95 bits per heavy atom. The van der Waals surface area contributed by atoms with Crippen molar-refractivity contribution in [1.82, 2.24) is 14.9 Å². The van der Waals surface area contributed by atoms with Crippen LogP contribution < -0.4 is 5.32 Å². The minimum Gasteiger partial charge on any atom is -0.330 e. The maximum Gasteiger partial charge on any atom is 0.224 e. The van der Waals surface area contributed by atoms with Crippen molar-refractivity contribution < 1.29 is 4.79 Å². The van der Waals surface area contributed by atoms with E-state index in [-0.39, 0.29) is 24.2 Å². The molecule has 2 aromatic rings. The topological polar surface area (TPSA) is 46.9 Å². The van der Waals surface area contributed by atoms with Crippen LogP contribution in [0.1, 0.15) is 25.1 Å². The molecule has 1 aliphatic rings. The molecule has 0 bridgehead atoms. The number of carbonyl (C=O) groups is 1. The Morgan fingerprint density at radius 1 is 1.50 bits per heavy atom. The van der Waals surface area contributed by atoms with Gasteiger partial charge in [-0.1, -0.05) is 6.92 Å². The maximum atomic E-state index is 11.5. The van der Waals surface area contributed by atoms with Crippen LogP contribution in [0.2, 0.25) is 0 Å². The molecule has 3 heterocycles. The molecule has 3 rings (SSSR count). The number of imidazole rings is 1. The lowest BCUT2D eigenvalue weighted by molar-refractivity contribution is -0.121. The van der Waals surface area contributed by atoms with Crippen LogP contribution in [0.25, 0.3) is 11.3 Å². The van der Waals surface area contributed by atoms with Gasteiger partial charge in [-0.15, -0.1) is 23.7 Å². The molecule has 6 heteroatoms. The highest BCUT2D eigenvalue weighted by Gasteiger charge is 2.24. The van der Waals surface area contributed by atoms with Crippen LogP contribution in [-0.2, 0) is 4.79 Å². The summed E-state index contributed by atoms with van der Waals surface area (Å²) in [6.45, 7) is 4.08. The van der Waals surface area contributed by atoms with Gasteiger partial charge in [0.25, 0.3) is 0 Å². The fourth-order valence-corrected chi connectivity index (χ4v) is 3.63. The monoisotopic (exact) mass is 309 g/mol. The van der Waals surface area contributed by atoms with Gasteiger partial charge in [-0.25, -0.2) is 4.98 Å². The van der Waals surface area contributed by atoms with Gasteiger partial charge in [0.2, 0.25) is 5.91 Å². The Morgan fingerprint density at radius 2 is 2.30 bits per heavy atom. The number of halogens is 1. The average molecular weight is 310 g/mol. The summed E-state index contributed by atoms with van der Waals surface area (Å²) in [4.78, 5) is 16.8. The third-order valence-corrected chi connectivity index (χ3v) is 4.32. The number of hydrogen-bond donors (Lipinski definition) is 1. The van der Waals surface area contributed by atoms with Crippen LogP contribution in [0.15, 0.2) is 35.9 Å². The molecule has 1 aliphatic heterocycles. The van der Waals surface area contributed by atoms with Crippen molar-refractivity contribution in [2.75, 3.05) is 0 Å². The molecule has 1 amide bonds. The van der Waals surface area contributed by atoms with Gasteiger partial charge in [-0.05, 0) is 24.5 Å². The zero-order valence-electron chi connectivity index (χ0n) is 11.3. The first-order valence-corrected chi connectivity index (χ1v) is 7.11. The average Bonchev–Trinajstić information content (AvgIpc) is 2.97. The molecule has 2 aromatic heterocycles. The fourth-order valence-electron chi connectivity index (χ4n) is 2.52. The molecule has 106 valence electrons. The summed E-state index contributed by atoms with van der Waals surface area (Å²) in [7, 11) is 0. The lowest BCUT2D eigenvalue weighted by atomic mass is 9.91. The molecule has 0 aromatic carbocycles. The highest BCUT2D eigenvalue weighted by molar-refractivity contribution is 7.11. The second-order valence-electron chi connectivity index (χ2n) is 4.83. The predicted octanol–water partition coefficient (Wildman–Crippen LogP) is 3.24. The SMILES string of the molecule is CC1=C(c2cc(-n3ccnc3)cs2)C(C)CC(=O)N1.Cl. The summed E-state index contributed by atoms with van der Waals surface area (Å²) >= 11 is 1.71. The molecule has 0 saturated carbocycles. The number of thiophene rings is 1. The predicted molar refractivity (Wildman–Crippen MR) is 83.2 cm³/mol.